The third-order valence-corrected chi connectivity index (χ3v) is 4.48. The number of hydrogen-bond donors (Lipinski definition) is 2. The van der Waals surface area contributed by atoms with Gasteiger partial charge in [-0.1, -0.05) is 28.1 Å². The predicted molar refractivity (Wildman–Crippen MR) is 92.2 cm³/mol. The fraction of sp³-hybridized carbons (Fsp3) is 0.286. The van der Waals surface area contributed by atoms with Crippen LogP contribution >= 0.6 is 39.7 Å². The molecule has 0 spiro atoms. The highest BCUT2D eigenvalue weighted by molar-refractivity contribution is 9.10. The second-order valence-corrected chi connectivity index (χ2v) is 6.46. The van der Waals surface area contributed by atoms with Crippen molar-refractivity contribution >= 4 is 50.7 Å². The van der Waals surface area contributed by atoms with Crippen LogP contribution in [0.1, 0.15) is 12.8 Å². The normalized spacial score (nSPS) is 17.3. The Morgan fingerprint density at radius 3 is 3.05 bits per heavy atom. The average molecular weight is 389 g/mol. The summed E-state index contributed by atoms with van der Waals surface area (Å²) in [7, 11) is 0. The lowest BCUT2D eigenvalue weighted by Gasteiger charge is -2.08. The number of halogens is 2. The Morgan fingerprint density at radius 1 is 1.48 bits per heavy atom. The lowest BCUT2D eigenvalue weighted by Crippen LogP contribution is -2.35. The number of nitrogens with zero attached hydrogens (tertiary/aromatic N) is 1. The van der Waals surface area contributed by atoms with Crippen LogP contribution in [-0.2, 0) is 4.79 Å². The van der Waals surface area contributed by atoms with E-state index in [9.17, 15) is 4.79 Å². The quantitative estimate of drug-likeness (QED) is 0.843. The molecule has 0 bridgehead atoms. The lowest BCUT2D eigenvalue weighted by atomic mass is 10.2. The highest BCUT2D eigenvalue weighted by Crippen LogP contribution is 2.27. The lowest BCUT2D eigenvalue weighted by molar-refractivity contribution is -0.117. The minimum atomic E-state index is -0.0757. The fourth-order valence-electron chi connectivity index (χ4n) is 2.21. The van der Waals surface area contributed by atoms with Gasteiger partial charge in [0.2, 0.25) is 5.91 Å². The van der Waals surface area contributed by atoms with Gasteiger partial charge in [-0.05, 0) is 31.5 Å². The molecule has 1 atom stereocenters. The van der Waals surface area contributed by atoms with E-state index in [0.717, 1.165) is 35.1 Å². The molecule has 1 saturated heterocycles. The monoisotopic (exact) mass is 387 g/mol. The van der Waals surface area contributed by atoms with Gasteiger partial charge in [0.15, 0.2) is 5.13 Å². The summed E-state index contributed by atoms with van der Waals surface area (Å²) in [6.45, 7) is 0.916. The van der Waals surface area contributed by atoms with E-state index in [1.807, 2.05) is 29.6 Å². The maximum atomic E-state index is 12.0. The van der Waals surface area contributed by atoms with Crippen molar-refractivity contribution in [1.82, 2.24) is 10.3 Å². The average Bonchev–Trinajstić information content (AvgIpc) is 3.10. The van der Waals surface area contributed by atoms with Crippen molar-refractivity contribution in [3.05, 3.63) is 34.1 Å². The van der Waals surface area contributed by atoms with Crippen LogP contribution < -0.4 is 10.6 Å². The van der Waals surface area contributed by atoms with Crippen LogP contribution in [-0.4, -0.2) is 23.5 Å². The minimum Gasteiger partial charge on any atom is -0.306 e. The van der Waals surface area contributed by atoms with Crippen molar-refractivity contribution in [2.75, 3.05) is 11.9 Å². The first-order valence-electron chi connectivity index (χ1n) is 6.48. The van der Waals surface area contributed by atoms with E-state index in [0.29, 0.717) is 5.13 Å². The van der Waals surface area contributed by atoms with Gasteiger partial charge >= 0.3 is 0 Å². The van der Waals surface area contributed by atoms with Crippen molar-refractivity contribution in [2.24, 2.45) is 0 Å². The first-order chi connectivity index (χ1) is 9.72. The number of anilines is 1. The SMILES string of the molecule is Cl.O=C(Nc1nc(-c2cccc(Br)c2)cs1)[C@@H]1CCCN1. The summed E-state index contributed by atoms with van der Waals surface area (Å²) in [4.78, 5) is 16.5. The van der Waals surface area contributed by atoms with Gasteiger partial charge in [-0.15, -0.1) is 23.7 Å². The van der Waals surface area contributed by atoms with Gasteiger partial charge in [-0.3, -0.25) is 4.79 Å². The van der Waals surface area contributed by atoms with E-state index in [-0.39, 0.29) is 24.4 Å². The third kappa shape index (κ3) is 4.03. The molecule has 0 saturated carbocycles. The third-order valence-electron chi connectivity index (χ3n) is 3.23. The second-order valence-electron chi connectivity index (χ2n) is 4.69. The van der Waals surface area contributed by atoms with E-state index in [1.165, 1.54) is 11.3 Å². The number of amides is 1. The van der Waals surface area contributed by atoms with Gasteiger partial charge in [-0.2, -0.15) is 0 Å². The molecule has 2 heterocycles. The van der Waals surface area contributed by atoms with Crippen LogP contribution in [0, 0.1) is 0 Å². The zero-order valence-electron chi connectivity index (χ0n) is 11.1. The number of carbonyl (C=O) groups is 1. The van der Waals surface area contributed by atoms with Crippen LogP contribution in [0.25, 0.3) is 11.3 Å². The van der Waals surface area contributed by atoms with Crippen LogP contribution in [0.5, 0.6) is 0 Å². The molecule has 2 aromatic rings. The zero-order chi connectivity index (χ0) is 13.9. The Bertz CT molecular complexity index is 628. The maximum Gasteiger partial charge on any atom is 0.243 e. The number of benzene rings is 1. The summed E-state index contributed by atoms with van der Waals surface area (Å²) >= 11 is 4.90. The molecule has 4 nitrogen and oxygen atoms in total. The number of thiazole rings is 1. The van der Waals surface area contributed by atoms with Crippen molar-refractivity contribution in [2.45, 2.75) is 18.9 Å². The summed E-state index contributed by atoms with van der Waals surface area (Å²) in [5.41, 5.74) is 1.92. The van der Waals surface area contributed by atoms with Crippen molar-refractivity contribution in [3.8, 4) is 11.3 Å². The topological polar surface area (TPSA) is 54.0 Å². The molecule has 3 rings (SSSR count). The van der Waals surface area contributed by atoms with Gasteiger partial charge in [0.1, 0.15) is 0 Å². The Labute approximate surface area is 141 Å². The summed E-state index contributed by atoms with van der Waals surface area (Å²) in [6, 6.07) is 7.89. The van der Waals surface area contributed by atoms with Gasteiger partial charge in [0.05, 0.1) is 11.7 Å². The summed E-state index contributed by atoms with van der Waals surface area (Å²) in [6.07, 6.45) is 1.95. The summed E-state index contributed by atoms with van der Waals surface area (Å²) < 4.78 is 1.02. The first-order valence-corrected chi connectivity index (χ1v) is 8.15. The molecule has 1 aliphatic rings. The van der Waals surface area contributed by atoms with Crippen molar-refractivity contribution in [3.63, 3.8) is 0 Å². The molecule has 1 amide bonds. The van der Waals surface area contributed by atoms with E-state index in [1.54, 1.807) is 0 Å². The number of rotatable bonds is 3. The number of nitrogens with one attached hydrogen (secondary N) is 2. The Balaban J connectivity index is 0.00000161. The van der Waals surface area contributed by atoms with Gasteiger partial charge in [0.25, 0.3) is 0 Å². The predicted octanol–water partition coefficient (Wildman–Crippen LogP) is 3.68. The Morgan fingerprint density at radius 2 is 2.33 bits per heavy atom. The van der Waals surface area contributed by atoms with E-state index in [4.69, 9.17) is 0 Å². The van der Waals surface area contributed by atoms with Gasteiger partial charge in [-0.25, -0.2) is 4.98 Å². The fourth-order valence-corrected chi connectivity index (χ4v) is 3.33. The number of carbonyl (C=O) groups excluding carboxylic acids is 1. The smallest absolute Gasteiger partial charge is 0.243 e. The molecule has 1 aromatic carbocycles. The molecule has 1 aliphatic heterocycles. The van der Waals surface area contributed by atoms with E-state index < -0.39 is 0 Å². The van der Waals surface area contributed by atoms with Crippen molar-refractivity contribution in [1.29, 1.82) is 0 Å². The van der Waals surface area contributed by atoms with E-state index in [2.05, 4.69) is 31.5 Å². The standard InChI is InChI=1S/C14H14BrN3OS.ClH/c15-10-4-1-3-9(7-10)12-8-20-14(17-12)18-13(19)11-5-2-6-16-11;/h1,3-4,7-8,11,16H,2,5-6H2,(H,17,18,19);1H/t11-;/m0./s1. The molecular formula is C14H15BrClN3OS. The Kier molecular flexibility index (Phi) is 5.75. The molecule has 1 aromatic heterocycles. The molecule has 112 valence electrons. The largest absolute Gasteiger partial charge is 0.306 e. The van der Waals surface area contributed by atoms with Crippen molar-refractivity contribution < 1.29 is 4.79 Å². The highest BCUT2D eigenvalue weighted by atomic mass is 79.9. The van der Waals surface area contributed by atoms with E-state index >= 15 is 0 Å². The minimum absolute atomic E-state index is 0. The number of hydrogen-bond acceptors (Lipinski definition) is 4. The maximum absolute atomic E-state index is 12.0. The second kappa shape index (κ2) is 7.35. The zero-order valence-corrected chi connectivity index (χ0v) is 14.4. The molecular weight excluding hydrogens is 374 g/mol. The van der Waals surface area contributed by atoms with Gasteiger partial charge < -0.3 is 10.6 Å². The summed E-state index contributed by atoms with van der Waals surface area (Å²) in [5, 5.41) is 8.67. The Hall–Kier alpha value is -0.950. The molecule has 0 aliphatic carbocycles. The van der Waals surface area contributed by atoms with Crippen LogP contribution in [0.2, 0.25) is 0 Å². The van der Waals surface area contributed by atoms with Crippen LogP contribution in [0.3, 0.4) is 0 Å². The number of aromatic nitrogens is 1. The van der Waals surface area contributed by atoms with Gasteiger partial charge in [0, 0.05) is 15.4 Å². The molecule has 21 heavy (non-hydrogen) atoms. The van der Waals surface area contributed by atoms with Crippen LogP contribution in [0.15, 0.2) is 34.1 Å². The molecule has 1 fully saturated rings. The molecule has 7 heteroatoms. The molecule has 0 unspecified atom stereocenters. The highest BCUT2D eigenvalue weighted by Gasteiger charge is 2.22. The summed E-state index contributed by atoms with van der Waals surface area (Å²) in [5.74, 6) is 0.0117. The molecule has 2 N–H and O–H groups in total. The first kappa shape index (κ1) is 16.4. The van der Waals surface area contributed by atoms with Crippen LogP contribution in [0.4, 0.5) is 5.13 Å². The molecule has 0 radical (unpaired) electrons.